The van der Waals surface area contributed by atoms with E-state index in [1.54, 1.807) is 52.0 Å². The third-order valence-electron chi connectivity index (χ3n) is 4.12. The Morgan fingerprint density at radius 1 is 1.30 bits per heavy atom. The van der Waals surface area contributed by atoms with Gasteiger partial charge in [0.2, 0.25) is 5.60 Å². The molecule has 2 atom stereocenters. The first kappa shape index (κ1) is 21.0. The maximum atomic E-state index is 13.7. The van der Waals surface area contributed by atoms with Crippen LogP contribution in [0.3, 0.4) is 0 Å². The van der Waals surface area contributed by atoms with Crippen LogP contribution < -0.4 is 11.1 Å². The standard InChI is InChI=1S/C18H24F3N3O3/c1-15(2,3)27-14(25)23-13-17(5,18(19,20)21)26-10-16(4,24-13)11-7-6-8-12(22)9-11/h6-9H,10,22H2,1-5H3,(H,23,24,25). The summed E-state index contributed by atoms with van der Waals surface area (Å²) >= 11 is 0. The molecule has 1 aromatic rings. The van der Waals surface area contributed by atoms with E-state index in [4.69, 9.17) is 15.2 Å². The second kappa shape index (κ2) is 6.70. The molecule has 1 amide bonds. The summed E-state index contributed by atoms with van der Waals surface area (Å²) in [6, 6.07) is 6.61. The van der Waals surface area contributed by atoms with Crippen LogP contribution in [0.4, 0.5) is 23.7 Å². The summed E-state index contributed by atoms with van der Waals surface area (Å²) in [4.78, 5) is 16.3. The van der Waals surface area contributed by atoms with Crippen LogP contribution in [0.5, 0.6) is 0 Å². The normalized spacial score (nSPS) is 26.3. The number of alkyl carbamates (subject to hydrolysis) is 1. The Bertz CT molecular complexity index is 758. The van der Waals surface area contributed by atoms with Crippen LogP contribution in [0.1, 0.15) is 40.2 Å². The molecule has 0 aromatic heterocycles. The van der Waals surface area contributed by atoms with Crippen LogP contribution in [0.25, 0.3) is 0 Å². The van der Waals surface area contributed by atoms with Crippen LogP contribution >= 0.6 is 0 Å². The first-order valence-corrected chi connectivity index (χ1v) is 8.33. The van der Waals surface area contributed by atoms with E-state index < -0.39 is 34.8 Å². The molecule has 0 radical (unpaired) electrons. The highest BCUT2D eigenvalue weighted by molar-refractivity contribution is 6.01. The molecule has 0 saturated heterocycles. The zero-order valence-electron chi connectivity index (χ0n) is 15.9. The SMILES string of the molecule is CC(C)(C)OC(=O)NC1=NC(C)(c2cccc(N)c2)COC1(C)C(F)(F)F. The summed E-state index contributed by atoms with van der Waals surface area (Å²) in [7, 11) is 0. The fraction of sp³-hybridized carbons (Fsp3) is 0.556. The van der Waals surface area contributed by atoms with Gasteiger partial charge in [-0.2, -0.15) is 13.2 Å². The molecule has 1 heterocycles. The molecule has 0 bridgehead atoms. The van der Waals surface area contributed by atoms with Gasteiger partial charge in [0.25, 0.3) is 0 Å². The predicted octanol–water partition coefficient (Wildman–Crippen LogP) is 3.76. The number of alkyl halides is 3. The number of carbonyl (C=O) groups excluding carboxylic acids is 1. The molecule has 1 aromatic carbocycles. The predicted molar refractivity (Wildman–Crippen MR) is 95.4 cm³/mol. The van der Waals surface area contributed by atoms with Crippen molar-refractivity contribution >= 4 is 17.6 Å². The molecule has 0 aliphatic carbocycles. The molecule has 1 aliphatic rings. The summed E-state index contributed by atoms with van der Waals surface area (Å²) < 4.78 is 51.3. The molecule has 1 aliphatic heterocycles. The van der Waals surface area contributed by atoms with Crippen molar-refractivity contribution in [2.45, 2.75) is 57.5 Å². The molecular formula is C18H24F3N3O3. The number of nitrogen functional groups attached to an aromatic ring is 1. The number of amidine groups is 1. The number of hydrogen-bond acceptors (Lipinski definition) is 5. The molecule has 0 saturated carbocycles. The lowest BCUT2D eigenvalue weighted by Crippen LogP contribution is -2.62. The second-order valence-electron chi connectivity index (χ2n) is 7.81. The smallest absolute Gasteiger partial charge is 0.424 e. The van der Waals surface area contributed by atoms with Gasteiger partial charge in [-0.15, -0.1) is 0 Å². The van der Waals surface area contributed by atoms with Gasteiger partial charge in [0.1, 0.15) is 17.0 Å². The Morgan fingerprint density at radius 2 is 1.93 bits per heavy atom. The van der Waals surface area contributed by atoms with Crippen LogP contribution in [0.15, 0.2) is 29.3 Å². The summed E-state index contributed by atoms with van der Waals surface area (Å²) in [6.45, 7) is 6.89. The average molecular weight is 387 g/mol. The third-order valence-corrected chi connectivity index (χ3v) is 4.12. The summed E-state index contributed by atoms with van der Waals surface area (Å²) in [5.74, 6) is -0.666. The molecule has 0 fully saturated rings. The number of ether oxygens (including phenoxy) is 2. The molecule has 6 nitrogen and oxygen atoms in total. The van der Waals surface area contributed by atoms with E-state index in [0.717, 1.165) is 6.92 Å². The van der Waals surface area contributed by atoms with E-state index >= 15 is 0 Å². The van der Waals surface area contributed by atoms with Gasteiger partial charge in [0, 0.05) is 5.69 Å². The van der Waals surface area contributed by atoms with Crippen LogP contribution in [-0.2, 0) is 15.0 Å². The summed E-state index contributed by atoms with van der Waals surface area (Å²) in [5.41, 5.74) is 1.96. The number of aliphatic imine (C=N–C) groups is 1. The number of nitrogens with one attached hydrogen (secondary N) is 1. The van der Waals surface area contributed by atoms with Gasteiger partial charge in [-0.1, -0.05) is 12.1 Å². The molecule has 2 unspecified atom stereocenters. The van der Waals surface area contributed by atoms with Crippen molar-refractivity contribution in [2.24, 2.45) is 4.99 Å². The van der Waals surface area contributed by atoms with Crippen LogP contribution in [-0.4, -0.2) is 35.9 Å². The van der Waals surface area contributed by atoms with Gasteiger partial charge < -0.3 is 15.2 Å². The van der Waals surface area contributed by atoms with E-state index in [-0.39, 0.29) is 6.61 Å². The Morgan fingerprint density at radius 3 is 2.44 bits per heavy atom. The lowest BCUT2D eigenvalue weighted by molar-refractivity contribution is -0.250. The van der Waals surface area contributed by atoms with E-state index in [0.29, 0.717) is 11.3 Å². The molecule has 3 N–H and O–H groups in total. The van der Waals surface area contributed by atoms with E-state index in [2.05, 4.69) is 10.3 Å². The van der Waals surface area contributed by atoms with Gasteiger partial charge in [-0.05, 0) is 52.3 Å². The van der Waals surface area contributed by atoms with Crippen molar-refractivity contribution in [3.8, 4) is 0 Å². The number of hydrogen-bond donors (Lipinski definition) is 2. The number of rotatable bonds is 1. The maximum Gasteiger partial charge on any atom is 0.424 e. The molecule has 2 rings (SSSR count). The monoisotopic (exact) mass is 387 g/mol. The van der Waals surface area contributed by atoms with Crippen molar-refractivity contribution in [2.75, 3.05) is 12.3 Å². The first-order chi connectivity index (χ1) is 12.2. The molecule has 9 heteroatoms. The lowest BCUT2D eigenvalue weighted by atomic mass is 9.89. The number of carbonyl (C=O) groups is 1. The fourth-order valence-electron chi connectivity index (χ4n) is 2.52. The quantitative estimate of drug-likeness (QED) is 0.719. The maximum absolute atomic E-state index is 13.7. The zero-order chi connectivity index (χ0) is 20.7. The Hall–Kier alpha value is -2.29. The van der Waals surface area contributed by atoms with Crippen LogP contribution in [0.2, 0.25) is 0 Å². The van der Waals surface area contributed by atoms with Gasteiger partial charge in [-0.25, -0.2) is 4.79 Å². The number of amides is 1. The summed E-state index contributed by atoms with van der Waals surface area (Å²) in [6.07, 6.45) is -5.84. The minimum atomic E-state index is -4.79. The van der Waals surface area contributed by atoms with E-state index in [9.17, 15) is 18.0 Å². The second-order valence-corrected chi connectivity index (χ2v) is 7.81. The van der Waals surface area contributed by atoms with Crippen LogP contribution in [0, 0.1) is 0 Å². The third kappa shape index (κ3) is 4.52. The zero-order valence-corrected chi connectivity index (χ0v) is 15.9. The minimum Gasteiger partial charge on any atom is -0.444 e. The van der Waals surface area contributed by atoms with Gasteiger partial charge in [0.05, 0.1) is 6.61 Å². The highest BCUT2D eigenvalue weighted by atomic mass is 19.4. The van der Waals surface area contributed by atoms with E-state index in [1.807, 2.05) is 0 Å². The average Bonchev–Trinajstić information content (AvgIpc) is 2.48. The van der Waals surface area contributed by atoms with Crippen molar-refractivity contribution in [3.05, 3.63) is 29.8 Å². The number of nitrogens with zero attached hydrogens (tertiary/aromatic N) is 1. The highest BCUT2D eigenvalue weighted by Crippen LogP contribution is 2.41. The first-order valence-electron chi connectivity index (χ1n) is 8.33. The number of benzene rings is 1. The highest BCUT2D eigenvalue weighted by Gasteiger charge is 2.60. The summed E-state index contributed by atoms with van der Waals surface area (Å²) in [5, 5.41) is 2.12. The molecule has 150 valence electrons. The van der Waals surface area contributed by atoms with Gasteiger partial charge in [0.15, 0.2) is 0 Å². The molecular weight excluding hydrogens is 363 g/mol. The van der Waals surface area contributed by atoms with Crippen molar-refractivity contribution in [1.82, 2.24) is 5.32 Å². The lowest BCUT2D eigenvalue weighted by Gasteiger charge is -2.42. The van der Waals surface area contributed by atoms with Crippen molar-refractivity contribution < 1.29 is 27.4 Å². The fourth-order valence-corrected chi connectivity index (χ4v) is 2.52. The molecule has 27 heavy (non-hydrogen) atoms. The Labute approximate surface area is 155 Å². The van der Waals surface area contributed by atoms with E-state index in [1.165, 1.54) is 0 Å². The van der Waals surface area contributed by atoms with Gasteiger partial charge in [-0.3, -0.25) is 10.3 Å². The Kier molecular flexibility index (Phi) is 5.22. The number of halogens is 3. The van der Waals surface area contributed by atoms with Crippen molar-refractivity contribution in [3.63, 3.8) is 0 Å². The van der Waals surface area contributed by atoms with Gasteiger partial charge >= 0.3 is 12.3 Å². The number of anilines is 1. The topological polar surface area (TPSA) is 85.9 Å². The minimum absolute atomic E-state index is 0.341. The number of nitrogens with two attached hydrogens (primary N) is 1. The molecule has 0 spiro atoms. The Balaban J connectivity index is 2.48. The largest absolute Gasteiger partial charge is 0.444 e. The van der Waals surface area contributed by atoms with Crippen molar-refractivity contribution in [1.29, 1.82) is 0 Å².